The quantitative estimate of drug-likeness (QED) is 0.921. The second kappa shape index (κ2) is 6.15. The molecule has 3 heterocycles. The van der Waals surface area contributed by atoms with Gasteiger partial charge in [-0.05, 0) is 12.1 Å². The fourth-order valence-electron chi connectivity index (χ4n) is 2.40. The van der Waals surface area contributed by atoms with Gasteiger partial charge in [-0.2, -0.15) is 0 Å². The van der Waals surface area contributed by atoms with E-state index in [1.165, 1.54) is 0 Å². The fraction of sp³-hybridized carbons (Fsp3) is 0.400. The normalized spacial score (nSPS) is 18.4. The molecule has 1 aliphatic heterocycles. The SMILES string of the molecule is CCc1cc(C(=O)N2CCOC(c3cccc(N)n3)C2)no1. The van der Waals surface area contributed by atoms with Gasteiger partial charge in [-0.15, -0.1) is 0 Å². The maximum Gasteiger partial charge on any atom is 0.276 e. The summed E-state index contributed by atoms with van der Waals surface area (Å²) < 4.78 is 10.8. The van der Waals surface area contributed by atoms with Crippen molar-refractivity contribution in [2.75, 3.05) is 25.4 Å². The number of aromatic nitrogens is 2. The van der Waals surface area contributed by atoms with E-state index in [1.54, 1.807) is 17.0 Å². The number of ether oxygens (including phenoxy) is 1. The third-order valence-corrected chi connectivity index (χ3v) is 3.60. The third-order valence-electron chi connectivity index (χ3n) is 3.60. The highest BCUT2D eigenvalue weighted by Crippen LogP contribution is 2.22. The van der Waals surface area contributed by atoms with Crippen molar-refractivity contribution >= 4 is 11.7 Å². The van der Waals surface area contributed by atoms with Crippen molar-refractivity contribution in [1.82, 2.24) is 15.0 Å². The molecule has 22 heavy (non-hydrogen) atoms. The minimum absolute atomic E-state index is 0.152. The van der Waals surface area contributed by atoms with E-state index in [1.807, 2.05) is 19.1 Å². The molecule has 1 amide bonds. The van der Waals surface area contributed by atoms with E-state index in [2.05, 4.69) is 10.1 Å². The molecule has 0 aliphatic carbocycles. The number of rotatable bonds is 3. The van der Waals surface area contributed by atoms with Crippen molar-refractivity contribution in [3.8, 4) is 0 Å². The molecule has 2 aromatic rings. The van der Waals surface area contributed by atoms with E-state index in [0.29, 0.717) is 43.4 Å². The first-order valence-corrected chi connectivity index (χ1v) is 7.26. The van der Waals surface area contributed by atoms with Crippen LogP contribution in [0.3, 0.4) is 0 Å². The van der Waals surface area contributed by atoms with Crippen LogP contribution in [0.15, 0.2) is 28.8 Å². The van der Waals surface area contributed by atoms with Crippen LogP contribution in [0.5, 0.6) is 0 Å². The van der Waals surface area contributed by atoms with Crippen molar-refractivity contribution in [3.05, 3.63) is 41.4 Å². The zero-order chi connectivity index (χ0) is 15.5. The van der Waals surface area contributed by atoms with Crippen molar-refractivity contribution in [2.24, 2.45) is 0 Å². The summed E-state index contributed by atoms with van der Waals surface area (Å²) in [6, 6.07) is 7.08. The van der Waals surface area contributed by atoms with Gasteiger partial charge in [0.2, 0.25) is 0 Å². The Labute approximate surface area is 128 Å². The van der Waals surface area contributed by atoms with Crippen LogP contribution in [0.2, 0.25) is 0 Å². The molecule has 1 saturated heterocycles. The Kier molecular flexibility index (Phi) is 4.06. The minimum atomic E-state index is -0.279. The first kappa shape index (κ1) is 14.5. The third kappa shape index (κ3) is 2.94. The predicted molar refractivity (Wildman–Crippen MR) is 79.1 cm³/mol. The zero-order valence-corrected chi connectivity index (χ0v) is 12.4. The van der Waals surface area contributed by atoms with Gasteiger partial charge in [0.05, 0.1) is 18.8 Å². The lowest BCUT2D eigenvalue weighted by Gasteiger charge is -2.32. The Bertz CT molecular complexity index is 670. The van der Waals surface area contributed by atoms with Crippen LogP contribution in [0.25, 0.3) is 0 Å². The summed E-state index contributed by atoms with van der Waals surface area (Å²) in [4.78, 5) is 18.4. The molecule has 1 fully saturated rings. The molecule has 1 atom stereocenters. The second-order valence-corrected chi connectivity index (χ2v) is 5.13. The lowest BCUT2D eigenvalue weighted by atomic mass is 10.1. The van der Waals surface area contributed by atoms with Crippen molar-refractivity contribution in [1.29, 1.82) is 0 Å². The van der Waals surface area contributed by atoms with Crippen LogP contribution in [0.1, 0.15) is 35.0 Å². The molecule has 7 nitrogen and oxygen atoms in total. The average Bonchev–Trinajstić information content (AvgIpc) is 3.03. The van der Waals surface area contributed by atoms with Crippen LogP contribution < -0.4 is 5.73 Å². The van der Waals surface area contributed by atoms with E-state index in [0.717, 1.165) is 5.69 Å². The Balaban J connectivity index is 1.73. The summed E-state index contributed by atoms with van der Waals surface area (Å²) in [5, 5.41) is 3.83. The smallest absolute Gasteiger partial charge is 0.276 e. The topological polar surface area (TPSA) is 94.5 Å². The molecule has 0 spiro atoms. The number of nitrogens with zero attached hydrogens (tertiary/aromatic N) is 3. The summed E-state index contributed by atoms with van der Waals surface area (Å²) in [6.07, 6.45) is 0.429. The average molecular weight is 302 g/mol. The number of carbonyl (C=O) groups excluding carboxylic acids is 1. The first-order valence-electron chi connectivity index (χ1n) is 7.26. The van der Waals surface area contributed by atoms with Crippen LogP contribution in [-0.4, -0.2) is 40.6 Å². The molecule has 0 bridgehead atoms. The largest absolute Gasteiger partial charge is 0.384 e. The van der Waals surface area contributed by atoms with Gasteiger partial charge < -0.3 is 19.9 Å². The maximum atomic E-state index is 12.5. The lowest BCUT2D eigenvalue weighted by Crippen LogP contribution is -2.42. The predicted octanol–water partition coefficient (Wildman–Crippen LogP) is 1.43. The molecule has 2 N–H and O–H groups in total. The monoisotopic (exact) mass is 302 g/mol. The number of anilines is 1. The molecular weight excluding hydrogens is 284 g/mol. The summed E-state index contributed by atoms with van der Waals surface area (Å²) in [5.41, 5.74) is 6.76. The van der Waals surface area contributed by atoms with Crippen LogP contribution in [-0.2, 0) is 11.2 Å². The molecule has 0 saturated carbocycles. The van der Waals surface area contributed by atoms with Crippen LogP contribution >= 0.6 is 0 Å². The number of amides is 1. The summed E-state index contributed by atoms with van der Waals surface area (Å²) in [5.74, 6) is 0.986. The van der Waals surface area contributed by atoms with Gasteiger partial charge in [0.1, 0.15) is 17.7 Å². The molecule has 0 aromatic carbocycles. The number of hydrogen-bond donors (Lipinski definition) is 1. The fourth-order valence-corrected chi connectivity index (χ4v) is 2.40. The van der Waals surface area contributed by atoms with Gasteiger partial charge in [0.15, 0.2) is 5.69 Å². The van der Waals surface area contributed by atoms with Crippen molar-refractivity contribution < 1.29 is 14.1 Å². The van der Waals surface area contributed by atoms with E-state index in [-0.39, 0.29) is 12.0 Å². The van der Waals surface area contributed by atoms with E-state index < -0.39 is 0 Å². The first-order chi connectivity index (χ1) is 10.7. The number of hydrogen-bond acceptors (Lipinski definition) is 6. The van der Waals surface area contributed by atoms with Crippen molar-refractivity contribution in [3.63, 3.8) is 0 Å². The van der Waals surface area contributed by atoms with Gasteiger partial charge in [-0.25, -0.2) is 4.98 Å². The number of morpholine rings is 1. The van der Waals surface area contributed by atoms with Gasteiger partial charge in [-0.3, -0.25) is 4.79 Å². The maximum absolute atomic E-state index is 12.5. The Hall–Kier alpha value is -2.41. The summed E-state index contributed by atoms with van der Waals surface area (Å²) in [6.45, 7) is 3.34. The van der Waals surface area contributed by atoms with E-state index in [9.17, 15) is 4.79 Å². The van der Waals surface area contributed by atoms with Crippen molar-refractivity contribution in [2.45, 2.75) is 19.4 Å². The van der Waals surface area contributed by atoms with E-state index >= 15 is 0 Å². The Morgan fingerprint density at radius 2 is 2.36 bits per heavy atom. The van der Waals surface area contributed by atoms with Gasteiger partial charge >= 0.3 is 0 Å². The van der Waals surface area contributed by atoms with Gasteiger partial charge in [0.25, 0.3) is 5.91 Å². The van der Waals surface area contributed by atoms with Crippen LogP contribution in [0.4, 0.5) is 5.82 Å². The van der Waals surface area contributed by atoms with E-state index in [4.69, 9.17) is 15.0 Å². The molecule has 2 aromatic heterocycles. The molecule has 0 radical (unpaired) electrons. The number of nitrogens with two attached hydrogens (primary N) is 1. The number of pyridine rings is 1. The molecule has 1 unspecified atom stereocenters. The lowest BCUT2D eigenvalue weighted by molar-refractivity contribution is -0.0249. The Morgan fingerprint density at radius 1 is 1.50 bits per heavy atom. The zero-order valence-electron chi connectivity index (χ0n) is 12.4. The minimum Gasteiger partial charge on any atom is -0.384 e. The van der Waals surface area contributed by atoms with Gasteiger partial charge in [0, 0.05) is 19.0 Å². The van der Waals surface area contributed by atoms with Gasteiger partial charge in [-0.1, -0.05) is 18.1 Å². The molecular formula is C15H18N4O3. The molecule has 1 aliphatic rings. The highest BCUT2D eigenvalue weighted by molar-refractivity contribution is 5.92. The molecule has 7 heteroatoms. The molecule has 116 valence electrons. The number of nitrogen functional groups attached to an aromatic ring is 1. The summed E-state index contributed by atoms with van der Waals surface area (Å²) in [7, 11) is 0. The molecule has 3 rings (SSSR count). The Morgan fingerprint density at radius 3 is 3.09 bits per heavy atom. The number of aryl methyl sites for hydroxylation is 1. The second-order valence-electron chi connectivity index (χ2n) is 5.13. The number of carbonyl (C=O) groups is 1. The standard InChI is InChI=1S/C15H18N4O3/c1-2-10-8-12(18-22-10)15(20)19-6-7-21-13(9-19)11-4-3-5-14(16)17-11/h3-5,8,13H,2,6-7,9H2,1H3,(H2,16,17). The highest BCUT2D eigenvalue weighted by atomic mass is 16.5. The van der Waals surface area contributed by atoms with Crippen LogP contribution in [0, 0.1) is 0 Å². The highest BCUT2D eigenvalue weighted by Gasteiger charge is 2.28. The summed E-state index contributed by atoms with van der Waals surface area (Å²) >= 11 is 0.